The van der Waals surface area contributed by atoms with Gasteiger partial charge in [0.05, 0.1) is 36.2 Å². The quantitative estimate of drug-likeness (QED) is 0.905. The van der Waals surface area contributed by atoms with Crippen LogP contribution in [0.15, 0.2) is 6.20 Å². The highest BCUT2D eigenvalue weighted by molar-refractivity contribution is 4.99. The van der Waals surface area contributed by atoms with Gasteiger partial charge in [0.2, 0.25) is 0 Å². The lowest BCUT2D eigenvalue weighted by Crippen LogP contribution is -2.26. The third-order valence-electron chi connectivity index (χ3n) is 4.62. The summed E-state index contributed by atoms with van der Waals surface area (Å²) in [6.07, 6.45) is 10.7. The third-order valence-corrected chi connectivity index (χ3v) is 4.62. The normalized spacial score (nSPS) is 27.2. The Hall–Kier alpha value is -0.940. The first-order valence-electron chi connectivity index (χ1n) is 7.54. The average Bonchev–Trinajstić information content (AvgIpc) is 3.13. The molecule has 0 bridgehead atoms. The van der Waals surface area contributed by atoms with Crippen molar-refractivity contribution in [3.8, 4) is 0 Å². The Morgan fingerprint density at radius 3 is 3.00 bits per heavy atom. The van der Waals surface area contributed by atoms with Gasteiger partial charge in [-0.1, -0.05) is 25.0 Å². The molecule has 0 radical (unpaired) electrons. The Kier molecular flexibility index (Phi) is 3.58. The van der Waals surface area contributed by atoms with E-state index in [1.54, 1.807) is 0 Å². The van der Waals surface area contributed by atoms with Crippen molar-refractivity contribution in [1.82, 2.24) is 15.0 Å². The van der Waals surface area contributed by atoms with Crippen molar-refractivity contribution < 1.29 is 4.74 Å². The Labute approximate surface area is 114 Å². The van der Waals surface area contributed by atoms with Crippen LogP contribution in [-0.4, -0.2) is 26.7 Å². The molecule has 0 amide bonds. The molecule has 19 heavy (non-hydrogen) atoms. The van der Waals surface area contributed by atoms with Gasteiger partial charge in [-0.25, -0.2) is 4.68 Å². The summed E-state index contributed by atoms with van der Waals surface area (Å²) >= 11 is 0. The van der Waals surface area contributed by atoms with Crippen LogP contribution >= 0.6 is 0 Å². The number of nitrogens with two attached hydrogens (primary N) is 1. The van der Waals surface area contributed by atoms with Gasteiger partial charge in [0.25, 0.3) is 0 Å². The highest BCUT2D eigenvalue weighted by Crippen LogP contribution is 2.43. The van der Waals surface area contributed by atoms with Crippen molar-refractivity contribution in [2.45, 2.75) is 76.2 Å². The maximum absolute atomic E-state index is 6.29. The van der Waals surface area contributed by atoms with Gasteiger partial charge in [-0.05, 0) is 32.1 Å². The van der Waals surface area contributed by atoms with Crippen molar-refractivity contribution in [2.75, 3.05) is 0 Å². The predicted octanol–water partition coefficient (Wildman–Crippen LogP) is 2.18. The third kappa shape index (κ3) is 2.67. The van der Waals surface area contributed by atoms with Crippen molar-refractivity contribution in [1.29, 1.82) is 0 Å². The molecule has 2 unspecified atom stereocenters. The predicted molar refractivity (Wildman–Crippen MR) is 72.5 cm³/mol. The number of hydrogen-bond donors (Lipinski definition) is 1. The summed E-state index contributed by atoms with van der Waals surface area (Å²) in [5.74, 6) is 0. The fourth-order valence-electron chi connectivity index (χ4n) is 3.40. The summed E-state index contributed by atoms with van der Waals surface area (Å²) in [7, 11) is 0. The Balaban J connectivity index is 1.58. The molecule has 1 aromatic heterocycles. The summed E-state index contributed by atoms with van der Waals surface area (Å²) in [5.41, 5.74) is 7.05. The molecule has 1 aliphatic heterocycles. The van der Waals surface area contributed by atoms with Crippen LogP contribution in [0.2, 0.25) is 0 Å². The van der Waals surface area contributed by atoms with E-state index < -0.39 is 0 Å². The number of nitrogens with zero attached hydrogens (tertiary/aromatic N) is 3. The molecular formula is C14H24N4O. The Bertz CT molecular complexity index is 425. The van der Waals surface area contributed by atoms with Crippen LogP contribution in [0.1, 0.15) is 63.6 Å². The van der Waals surface area contributed by atoms with Gasteiger partial charge < -0.3 is 10.5 Å². The molecule has 1 saturated heterocycles. The van der Waals surface area contributed by atoms with E-state index in [0.717, 1.165) is 25.1 Å². The van der Waals surface area contributed by atoms with Crippen molar-refractivity contribution >= 4 is 0 Å². The molecule has 2 N–H and O–H groups in total. The van der Waals surface area contributed by atoms with Crippen LogP contribution in [0.4, 0.5) is 0 Å². The summed E-state index contributed by atoms with van der Waals surface area (Å²) in [6, 6.07) is -0.000536. The van der Waals surface area contributed by atoms with Crippen LogP contribution < -0.4 is 5.73 Å². The standard InChI is InChI=1S/C14H24N4O/c1-2-12(15)13-10-18(17-16-13)9-11-5-8-14(19-11)6-3-4-7-14/h10-12H,2-9,15H2,1H3. The molecule has 106 valence electrons. The van der Waals surface area contributed by atoms with E-state index in [2.05, 4.69) is 17.2 Å². The zero-order valence-corrected chi connectivity index (χ0v) is 11.7. The molecule has 1 aromatic rings. The van der Waals surface area contributed by atoms with Crippen LogP contribution in [-0.2, 0) is 11.3 Å². The minimum Gasteiger partial charge on any atom is -0.370 e. The first kappa shape index (κ1) is 13.1. The van der Waals surface area contributed by atoms with Gasteiger partial charge in [-0.2, -0.15) is 0 Å². The van der Waals surface area contributed by atoms with Gasteiger partial charge in [0.15, 0.2) is 0 Å². The second-order valence-corrected chi connectivity index (χ2v) is 6.05. The summed E-state index contributed by atoms with van der Waals surface area (Å²) in [6.45, 7) is 2.87. The smallest absolute Gasteiger partial charge is 0.0994 e. The highest BCUT2D eigenvalue weighted by atomic mass is 16.5. The zero-order chi connectivity index (χ0) is 13.3. The van der Waals surface area contributed by atoms with Gasteiger partial charge in [0, 0.05) is 0 Å². The number of aromatic nitrogens is 3. The molecule has 2 heterocycles. The highest BCUT2D eigenvalue weighted by Gasteiger charge is 2.42. The lowest BCUT2D eigenvalue weighted by Gasteiger charge is -2.23. The lowest BCUT2D eigenvalue weighted by atomic mass is 9.98. The van der Waals surface area contributed by atoms with E-state index in [0.29, 0.717) is 6.10 Å². The monoisotopic (exact) mass is 264 g/mol. The fraction of sp³-hybridized carbons (Fsp3) is 0.857. The first-order chi connectivity index (χ1) is 9.21. The Morgan fingerprint density at radius 1 is 1.47 bits per heavy atom. The van der Waals surface area contributed by atoms with Gasteiger partial charge in [-0.15, -0.1) is 5.10 Å². The second kappa shape index (κ2) is 5.21. The van der Waals surface area contributed by atoms with Crippen LogP contribution in [0.3, 0.4) is 0 Å². The summed E-state index contributed by atoms with van der Waals surface area (Å²) in [5, 5.41) is 8.32. The molecular weight excluding hydrogens is 240 g/mol. The van der Waals surface area contributed by atoms with E-state index in [4.69, 9.17) is 10.5 Å². The van der Waals surface area contributed by atoms with E-state index in [1.807, 2.05) is 10.9 Å². The van der Waals surface area contributed by atoms with E-state index in [1.165, 1.54) is 32.1 Å². The average molecular weight is 264 g/mol. The maximum atomic E-state index is 6.29. The molecule has 2 fully saturated rings. The van der Waals surface area contributed by atoms with E-state index >= 15 is 0 Å². The molecule has 5 nitrogen and oxygen atoms in total. The zero-order valence-electron chi connectivity index (χ0n) is 11.7. The van der Waals surface area contributed by atoms with Crippen molar-refractivity contribution in [3.05, 3.63) is 11.9 Å². The molecule has 2 atom stereocenters. The molecule has 1 aliphatic carbocycles. The number of hydrogen-bond acceptors (Lipinski definition) is 4. The Morgan fingerprint density at radius 2 is 2.26 bits per heavy atom. The van der Waals surface area contributed by atoms with Crippen molar-refractivity contribution in [2.24, 2.45) is 5.73 Å². The van der Waals surface area contributed by atoms with E-state index in [-0.39, 0.29) is 11.6 Å². The van der Waals surface area contributed by atoms with Gasteiger partial charge in [0.1, 0.15) is 0 Å². The minimum absolute atomic E-state index is 0.000536. The molecule has 5 heteroatoms. The molecule has 0 aromatic carbocycles. The summed E-state index contributed by atoms with van der Waals surface area (Å²) in [4.78, 5) is 0. The largest absolute Gasteiger partial charge is 0.370 e. The molecule has 1 spiro atoms. The van der Waals surface area contributed by atoms with Crippen LogP contribution in [0, 0.1) is 0 Å². The van der Waals surface area contributed by atoms with E-state index in [9.17, 15) is 0 Å². The number of ether oxygens (including phenoxy) is 1. The van der Waals surface area contributed by atoms with Crippen LogP contribution in [0.25, 0.3) is 0 Å². The van der Waals surface area contributed by atoms with Gasteiger partial charge >= 0.3 is 0 Å². The molecule has 1 saturated carbocycles. The minimum atomic E-state index is -0.000536. The molecule has 3 rings (SSSR count). The second-order valence-electron chi connectivity index (χ2n) is 6.05. The first-order valence-corrected chi connectivity index (χ1v) is 7.54. The van der Waals surface area contributed by atoms with Gasteiger partial charge in [-0.3, -0.25) is 0 Å². The van der Waals surface area contributed by atoms with Crippen LogP contribution in [0.5, 0.6) is 0 Å². The fourth-order valence-corrected chi connectivity index (χ4v) is 3.40. The van der Waals surface area contributed by atoms with Crippen molar-refractivity contribution in [3.63, 3.8) is 0 Å². The topological polar surface area (TPSA) is 66.0 Å². The molecule has 2 aliphatic rings. The SMILES string of the molecule is CCC(N)c1cn(CC2CCC3(CCCC3)O2)nn1. The maximum Gasteiger partial charge on any atom is 0.0994 e. The lowest BCUT2D eigenvalue weighted by molar-refractivity contribution is -0.0430. The number of rotatable bonds is 4. The summed E-state index contributed by atoms with van der Waals surface area (Å²) < 4.78 is 8.18.